The van der Waals surface area contributed by atoms with Crippen LogP contribution in [0.2, 0.25) is 0 Å². The van der Waals surface area contributed by atoms with Crippen LogP contribution < -0.4 is 11.1 Å². The molecule has 1 unspecified atom stereocenters. The summed E-state index contributed by atoms with van der Waals surface area (Å²) in [6.07, 6.45) is 0. The smallest absolute Gasteiger partial charge is 0.252 e. The van der Waals surface area contributed by atoms with Gasteiger partial charge in [-0.3, -0.25) is 9.59 Å². The Bertz CT molecular complexity index is 406. The Labute approximate surface area is 107 Å². The van der Waals surface area contributed by atoms with Crippen LogP contribution >= 0.6 is 15.9 Å². The molecule has 17 heavy (non-hydrogen) atoms. The largest absolute Gasteiger partial charge is 0.380 e. The average Bonchev–Trinajstić information content (AvgIpc) is 2.30. The second kappa shape index (κ2) is 6.36. The molecule has 0 aliphatic heterocycles. The second-order valence-electron chi connectivity index (χ2n) is 3.37. The molecule has 3 N–H and O–H groups in total. The van der Waals surface area contributed by atoms with Crippen molar-refractivity contribution in [2.24, 2.45) is 5.73 Å². The van der Waals surface area contributed by atoms with E-state index in [4.69, 9.17) is 10.5 Å². The minimum Gasteiger partial charge on any atom is -0.380 e. The number of primary amides is 1. The lowest BCUT2D eigenvalue weighted by atomic mass is 10.1. The predicted octanol–water partition coefficient (Wildman–Crippen LogP) is 0.769. The lowest BCUT2D eigenvalue weighted by Crippen LogP contribution is -2.40. The Hall–Kier alpha value is -1.40. The van der Waals surface area contributed by atoms with Gasteiger partial charge in [-0.1, -0.05) is 28.1 Å². The number of ether oxygens (including phenoxy) is 1. The molecule has 1 aromatic carbocycles. The maximum atomic E-state index is 11.6. The summed E-state index contributed by atoms with van der Waals surface area (Å²) in [5, 5.41) is 2.42. The van der Waals surface area contributed by atoms with E-state index in [-0.39, 0.29) is 5.91 Å². The zero-order valence-electron chi connectivity index (χ0n) is 9.27. The fourth-order valence-corrected chi connectivity index (χ4v) is 1.40. The normalized spacial score (nSPS) is 11.9. The van der Waals surface area contributed by atoms with E-state index in [0.29, 0.717) is 12.2 Å². The van der Waals surface area contributed by atoms with E-state index in [1.165, 1.54) is 0 Å². The van der Waals surface area contributed by atoms with Crippen LogP contribution in [-0.4, -0.2) is 23.9 Å². The van der Waals surface area contributed by atoms with Crippen molar-refractivity contribution in [3.05, 3.63) is 35.4 Å². The van der Waals surface area contributed by atoms with E-state index in [1.807, 2.05) is 0 Å². The average molecular weight is 301 g/mol. The minimum atomic E-state index is -0.867. The summed E-state index contributed by atoms with van der Waals surface area (Å²) in [6.45, 7) is 0.490. The van der Waals surface area contributed by atoms with Crippen molar-refractivity contribution in [1.82, 2.24) is 5.32 Å². The molecule has 0 heterocycles. The predicted molar refractivity (Wildman–Crippen MR) is 66.5 cm³/mol. The lowest BCUT2D eigenvalue weighted by Gasteiger charge is -2.09. The Morgan fingerprint density at radius 2 is 2.00 bits per heavy atom. The molecule has 0 saturated heterocycles. The summed E-state index contributed by atoms with van der Waals surface area (Å²) in [7, 11) is 1.60. The number of carbonyl (C=O) groups excluding carboxylic acids is 2. The minimum absolute atomic E-state index is 0.366. The quantitative estimate of drug-likeness (QED) is 0.622. The standard InChI is InChI=1S/C11H13BrN2O3/c1-17-6-7-2-4-8(5-3-7)11(16)14-9(12)10(13)15/h2-5,9H,6H2,1H3,(H2,13,15)(H,14,16). The van der Waals surface area contributed by atoms with Crippen LogP contribution in [0.4, 0.5) is 0 Å². The number of benzene rings is 1. The fraction of sp³-hybridized carbons (Fsp3) is 0.273. The summed E-state index contributed by atoms with van der Waals surface area (Å²) in [4.78, 5) is 21.5. The van der Waals surface area contributed by atoms with Crippen LogP contribution in [-0.2, 0) is 16.1 Å². The van der Waals surface area contributed by atoms with Crippen molar-refractivity contribution in [2.75, 3.05) is 7.11 Å². The molecule has 0 bridgehead atoms. The topological polar surface area (TPSA) is 81.4 Å². The molecule has 1 aromatic rings. The Morgan fingerprint density at radius 1 is 1.41 bits per heavy atom. The summed E-state index contributed by atoms with van der Waals surface area (Å²) < 4.78 is 4.96. The summed E-state index contributed by atoms with van der Waals surface area (Å²) in [6, 6.07) is 6.88. The van der Waals surface area contributed by atoms with E-state index in [1.54, 1.807) is 31.4 Å². The molecule has 0 spiro atoms. The molecule has 0 aliphatic carbocycles. The van der Waals surface area contributed by atoms with Crippen LogP contribution in [0.25, 0.3) is 0 Å². The van der Waals surface area contributed by atoms with Gasteiger partial charge >= 0.3 is 0 Å². The third-order valence-corrected chi connectivity index (χ3v) is 2.71. The molecule has 0 saturated carbocycles. The Balaban J connectivity index is 2.66. The van der Waals surface area contributed by atoms with Gasteiger partial charge in [0.2, 0.25) is 0 Å². The second-order valence-corrected chi connectivity index (χ2v) is 4.28. The first-order chi connectivity index (χ1) is 8.04. The van der Waals surface area contributed by atoms with E-state index < -0.39 is 10.9 Å². The van der Waals surface area contributed by atoms with E-state index >= 15 is 0 Å². The first-order valence-electron chi connectivity index (χ1n) is 4.86. The van der Waals surface area contributed by atoms with Gasteiger partial charge in [0.1, 0.15) is 0 Å². The van der Waals surface area contributed by atoms with Gasteiger partial charge in [-0.2, -0.15) is 0 Å². The van der Waals surface area contributed by atoms with Crippen molar-refractivity contribution >= 4 is 27.7 Å². The van der Waals surface area contributed by atoms with Gasteiger partial charge < -0.3 is 15.8 Å². The maximum Gasteiger partial charge on any atom is 0.252 e. The highest BCUT2D eigenvalue weighted by atomic mass is 79.9. The van der Waals surface area contributed by atoms with E-state index in [0.717, 1.165) is 5.56 Å². The molecule has 92 valence electrons. The highest BCUT2D eigenvalue weighted by molar-refractivity contribution is 9.10. The van der Waals surface area contributed by atoms with Crippen LogP contribution in [0.1, 0.15) is 15.9 Å². The van der Waals surface area contributed by atoms with Crippen molar-refractivity contribution in [3.63, 3.8) is 0 Å². The number of carbonyl (C=O) groups is 2. The van der Waals surface area contributed by atoms with Crippen LogP contribution in [0.15, 0.2) is 24.3 Å². The summed E-state index contributed by atoms with van der Waals surface area (Å²) in [5.74, 6) is -1.01. The van der Waals surface area contributed by atoms with E-state index in [9.17, 15) is 9.59 Å². The summed E-state index contributed by atoms with van der Waals surface area (Å²) >= 11 is 2.95. The molecule has 0 aromatic heterocycles. The van der Waals surface area contributed by atoms with Crippen molar-refractivity contribution in [3.8, 4) is 0 Å². The zero-order valence-corrected chi connectivity index (χ0v) is 10.9. The van der Waals surface area contributed by atoms with E-state index in [2.05, 4.69) is 21.2 Å². The number of hydrogen-bond donors (Lipinski definition) is 2. The Morgan fingerprint density at radius 3 is 2.47 bits per heavy atom. The third kappa shape index (κ3) is 4.16. The number of nitrogens with two attached hydrogens (primary N) is 1. The molecule has 0 aliphatic rings. The number of alkyl halides is 1. The first kappa shape index (κ1) is 13.7. The molecule has 2 amide bonds. The maximum absolute atomic E-state index is 11.6. The number of rotatable bonds is 5. The highest BCUT2D eigenvalue weighted by Gasteiger charge is 2.14. The third-order valence-electron chi connectivity index (χ3n) is 2.03. The SMILES string of the molecule is COCc1ccc(C(=O)NC(Br)C(N)=O)cc1. The molecule has 5 nitrogen and oxygen atoms in total. The van der Waals surface area contributed by atoms with Crippen molar-refractivity contribution in [1.29, 1.82) is 0 Å². The van der Waals surface area contributed by atoms with Gasteiger partial charge in [-0.25, -0.2) is 0 Å². The van der Waals surface area contributed by atoms with Gasteiger partial charge in [-0.05, 0) is 17.7 Å². The monoisotopic (exact) mass is 300 g/mol. The molecular weight excluding hydrogens is 288 g/mol. The fourth-order valence-electron chi connectivity index (χ4n) is 1.19. The summed E-state index contributed by atoms with van der Waals surface area (Å²) in [5.41, 5.74) is 6.43. The first-order valence-corrected chi connectivity index (χ1v) is 5.78. The van der Waals surface area contributed by atoms with Crippen molar-refractivity contribution < 1.29 is 14.3 Å². The van der Waals surface area contributed by atoms with Crippen LogP contribution in [0.3, 0.4) is 0 Å². The number of nitrogens with one attached hydrogen (secondary N) is 1. The molecule has 1 rings (SSSR count). The molecule has 6 heteroatoms. The number of halogens is 1. The number of methoxy groups -OCH3 is 1. The van der Waals surface area contributed by atoms with Gasteiger partial charge in [0.05, 0.1) is 6.61 Å². The number of amides is 2. The van der Waals surface area contributed by atoms with Gasteiger partial charge in [-0.15, -0.1) is 0 Å². The zero-order chi connectivity index (χ0) is 12.8. The number of hydrogen-bond acceptors (Lipinski definition) is 3. The highest BCUT2D eigenvalue weighted by Crippen LogP contribution is 2.06. The van der Waals surface area contributed by atoms with Gasteiger partial charge in [0.15, 0.2) is 4.95 Å². The molecule has 0 fully saturated rings. The van der Waals surface area contributed by atoms with Crippen LogP contribution in [0, 0.1) is 0 Å². The van der Waals surface area contributed by atoms with Crippen LogP contribution in [0.5, 0.6) is 0 Å². The molecule has 0 radical (unpaired) electrons. The lowest BCUT2D eigenvalue weighted by molar-refractivity contribution is -0.117. The van der Waals surface area contributed by atoms with Gasteiger partial charge in [0, 0.05) is 12.7 Å². The molecular formula is C11H13BrN2O3. The van der Waals surface area contributed by atoms with Crippen molar-refractivity contribution in [2.45, 2.75) is 11.6 Å². The Kier molecular flexibility index (Phi) is 5.11. The molecule has 1 atom stereocenters. The van der Waals surface area contributed by atoms with Gasteiger partial charge in [0.25, 0.3) is 11.8 Å².